The third-order valence-corrected chi connectivity index (χ3v) is 2.55. The van der Waals surface area contributed by atoms with Gasteiger partial charge in [0.2, 0.25) is 0 Å². The summed E-state index contributed by atoms with van der Waals surface area (Å²) in [6, 6.07) is 7.64. The minimum absolute atomic E-state index is 0.705. The molecule has 0 unspecified atom stereocenters. The molecule has 3 heteroatoms. The zero-order valence-corrected chi connectivity index (χ0v) is 9.20. The van der Waals surface area contributed by atoms with Crippen LogP contribution in [0.25, 0.3) is 11.3 Å². The van der Waals surface area contributed by atoms with E-state index in [0.717, 1.165) is 23.4 Å². The Kier molecular flexibility index (Phi) is 2.97. The monoisotopic (exact) mass is 218 g/mol. The Morgan fingerprint density at radius 1 is 1.13 bits per heavy atom. The Morgan fingerprint density at radius 3 is 2.53 bits per heavy atom. The molecular formula is C12H11ClN2. The number of halogens is 1. The van der Waals surface area contributed by atoms with Gasteiger partial charge in [0.05, 0.1) is 22.6 Å². The highest BCUT2D eigenvalue weighted by Crippen LogP contribution is 2.24. The van der Waals surface area contributed by atoms with Crippen LogP contribution in [0.15, 0.2) is 36.7 Å². The molecule has 1 aromatic carbocycles. The van der Waals surface area contributed by atoms with E-state index >= 15 is 0 Å². The molecule has 0 atom stereocenters. The molecule has 15 heavy (non-hydrogen) atoms. The van der Waals surface area contributed by atoms with Gasteiger partial charge in [0.25, 0.3) is 0 Å². The number of benzene rings is 1. The summed E-state index contributed by atoms with van der Waals surface area (Å²) in [5.41, 5.74) is 2.73. The maximum Gasteiger partial charge on any atom is 0.0900 e. The van der Waals surface area contributed by atoms with Crippen molar-refractivity contribution >= 4 is 11.6 Å². The van der Waals surface area contributed by atoms with Gasteiger partial charge in [-0.05, 0) is 12.5 Å². The van der Waals surface area contributed by atoms with E-state index in [2.05, 4.69) is 16.9 Å². The smallest absolute Gasteiger partial charge is 0.0900 e. The first-order valence-corrected chi connectivity index (χ1v) is 5.25. The van der Waals surface area contributed by atoms with Gasteiger partial charge in [0, 0.05) is 11.8 Å². The Balaban J connectivity index is 2.42. The zero-order valence-electron chi connectivity index (χ0n) is 8.44. The standard InChI is InChI=1S/C12H11ClN2/c1-2-9-7-15-12(8-14-9)10-5-3-4-6-11(10)13/h3-8H,2H2,1H3. The lowest BCUT2D eigenvalue weighted by molar-refractivity contribution is 1.00. The highest BCUT2D eigenvalue weighted by Gasteiger charge is 2.03. The number of hydrogen-bond acceptors (Lipinski definition) is 2. The van der Waals surface area contributed by atoms with Crippen molar-refractivity contribution < 1.29 is 0 Å². The molecule has 2 nitrogen and oxygen atoms in total. The van der Waals surface area contributed by atoms with Gasteiger partial charge in [0.15, 0.2) is 0 Å². The lowest BCUT2D eigenvalue weighted by atomic mass is 10.1. The predicted octanol–water partition coefficient (Wildman–Crippen LogP) is 3.36. The normalized spacial score (nSPS) is 10.3. The fraction of sp³-hybridized carbons (Fsp3) is 0.167. The molecule has 2 rings (SSSR count). The summed E-state index contributed by atoms with van der Waals surface area (Å²) >= 11 is 6.06. The summed E-state index contributed by atoms with van der Waals surface area (Å²) in [6.07, 6.45) is 4.45. The minimum atomic E-state index is 0.705. The fourth-order valence-corrected chi connectivity index (χ4v) is 1.58. The largest absolute Gasteiger partial charge is 0.257 e. The van der Waals surface area contributed by atoms with Gasteiger partial charge in [-0.15, -0.1) is 0 Å². The van der Waals surface area contributed by atoms with Crippen molar-refractivity contribution in [3.8, 4) is 11.3 Å². The molecule has 0 aliphatic heterocycles. The summed E-state index contributed by atoms with van der Waals surface area (Å²) in [6.45, 7) is 2.05. The molecule has 2 aromatic rings. The average molecular weight is 219 g/mol. The second kappa shape index (κ2) is 4.41. The van der Waals surface area contributed by atoms with Crippen molar-refractivity contribution in [2.75, 3.05) is 0 Å². The second-order valence-corrected chi connectivity index (χ2v) is 3.63. The topological polar surface area (TPSA) is 25.8 Å². The Morgan fingerprint density at radius 2 is 1.93 bits per heavy atom. The van der Waals surface area contributed by atoms with E-state index in [0.29, 0.717) is 5.02 Å². The maximum atomic E-state index is 6.06. The molecule has 0 fully saturated rings. The van der Waals surface area contributed by atoms with Crippen molar-refractivity contribution in [1.82, 2.24) is 9.97 Å². The van der Waals surface area contributed by atoms with Gasteiger partial charge in [-0.3, -0.25) is 9.97 Å². The first-order valence-electron chi connectivity index (χ1n) is 4.87. The number of rotatable bonds is 2. The summed E-state index contributed by atoms with van der Waals surface area (Å²) < 4.78 is 0. The SMILES string of the molecule is CCc1cnc(-c2ccccc2Cl)cn1. The van der Waals surface area contributed by atoms with Crippen LogP contribution < -0.4 is 0 Å². The molecule has 0 amide bonds. The van der Waals surface area contributed by atoms with Gasteiger partial charge >= 0.3 is 0 Å². The molecular weight excluding hydrogens is 208 g/mol. The van der Waals surface area contributed by atoms with Crippen LogP contribution in [0.5, 0.6) is 0 Å². The van der Waals surface area contributed by atoms with E-state index < -0.39 is 0 Å². The number of aromatic nitrogens is 2. The molecule has 1 aromatic heterocycles. The van der Waals surface area contributed by atoms with Crippen molar-refractivity contribution in [2.24, 2.45) is 0 Å². The van der Waals surface area contributed by atoms with Crippen molar-refractivity contribution in [1.29, 1.82) is 0 Å². The molecule has 0 radical (unpaired) electrons. The molecule has 1 heterocycles. The van der Waals surface area contributed by atoms with Crippen LogP contribution in [0.4, 0.5) is 0 Å². The maximum absolute atomic E-state index is 6.06. The quantitative estimate of drug-likeness (QED) is 0.773. The van der Waals surface area contributed by atoms with E-state index in [-0.39, 0.29) is 0 Å². The lowest BCUT2D eigenvalue weighted by Crippen LogP contribution is -1.91. The third-order valence-electron chi connectivity index (χ3n) is 2.22. The minimum Gasteiger partial charge on any atom is -0.257 e. The van der Waals surface area contributed by atoms with Crippen LogP contribution >= 0.6 is 11.6 Å². The molecule has 0 N–H and O–H groups in total. The van der Waals surface area contributed by atoms with E-state index in [1.165, 1.54) is 0 Å². The van der Waals surface area contributed by atoms with E-state index in [1.54, 1.807) is 12.4 Å². The zero-order chi connectivity index (χ0) is 10.7. The van der Waals surface area contributed by atoms with E-state index in [1.807, 2.05) is 24.3 Å². The highest BCUT2D eigenvalue weighted by molar-refractivity contribution is 6.33. The van der Waals surface area contributed by atoms with Crippen LogP contribution in [0.2, 0.25) is 5.02 Å². The molecule has 0 saturated carbocycles. The fourth-order valence-electron chi connectivity index (χ4n) is 1.35. The first kappa shape index (κ1) is 10.1. The average Bonchev–Trinajstić information content (AvgIpc) is 2.30. The Labute approximate surface area is 94.0 Å². The van der Waals surface area contributed by atoms with Crippen LogP contribution in [0.3, 0.4) is 0 Å². The summed E-state index contributed by atoms with van der Waals surface area (Å²) in [7, 11) is 0. The Bertz CT molecular complexity index is 451. The third kappa shape index (κ3) is 2.16. The predicted molar refractivity (Wildman–Crippen MR) is 61.9 cm³/mol. The van der Waals surface area contributed by atoms with Crippen LogP contribution in [-0.4, -0.2) is 9.97 Å². The second-order valence-electron chi connectivity index (χ2n) is 3.23. The lowest BCUT2D eigenvalue weighted by Gasteiger charge is -2.03. The molecule has 0 aliphatic rings. The van der Waals surface area contributed by atoms with Crippen LogP contribution in [-0.2, 0) is 6.42 Å². The number of nitrogens with zero attached hydrogens (tertiary/aromatic N) is 2. The molecule has 76 valence electrons. The first-order chi connectivity index (χ1) is 7.31. The highest BCUT2D eigenvalue weighted by atomic mass is 35.5. The summed E-state index contributed by atoms with van der Waals surface area (Å²) in [4.78, 5) is 8.63. The van der Waals surface area contributed by atoms with Gasteiger partial charge in [0.1, 0.15) is 0 Å². The van der Waals surface area contributed by atoms with Gasteiger partial charge in [-0.25, -0.2) is 0 Å². The molecule has 0 bridgehead atoms. The van der Waals surface area contributed by atoms with E-state index in [4.69, 9.17) is 11.6 Å². The Hall–Kier alpha value is -1.41. The summed E-state index contributed by atoms with van der Waals surface area (Å²) in [5.74, 6) is 0. The molecule has 0 aliphatic carbocycles. The van der Waals surface area contributed by atoms with Crippen molar-refractivity contribution in [3.05, 3.63) is 47.4 Å². The van der Waals surface area contributed by atoms with Gasteiger partial charge in [-0.2, -0.15) is 0 Å². The van der Waals surface area contributed by atoms with Crippen LogP contribution in [0.1, 0.15) is 12.6 Å². The molecule has 0 spiro atoms. The van der Waals surface area contributed by atoms with E-state index in [9.17, 15) is 0 Å². The number of aryl methyl sites for hydroxylation is 1. The van der Waals surface area contributed by atoms with Crippen molar-refractivity contribution in [2.45, 2.75) is 13.3 Å². The number of hydrogen-bond donors (Lipinski definition) is 0. The molecule has 0 saturated heterocycles. The van der Waals surface area contributed by atoms with Crippen molar-refractivity contribution in [3.63, 3.8) is 0 Å². The van der Waals surface area contributed by atoms with Crippen LogP contribution in [0, 0.1) is 0 Å². The van der Waals surface area contributed by atoms with Gasteiger partial charge in [-0.1, -0.05) is 36.7 Å². The van der Waals surface area contributed by atoms with Gasteiger partial charge < -0.3 is 0 Å². The summed E-state index contributed by atoms with van der Waals surface area (Å²) in [5, 5.41) is 0.705.